The lowest BCUT2D eigenvalue weighted by molar-refractivity contribution is -0.386. The van der Waals surface area contributed by atoms with Crippen molar-refractivity contribution >= 4 is 35.1 Å². The fourth-order valence-electron chi connectivity index (χ4n) is 4.56. The number of aromatic nitrogens is 2. The Morgan fingerprint density at radius 3 is 2.29 bits per heavy atom. The number of hydrogen-bond acceptors (Lipinski definition) is 4. The van der Waals surface area contributed by atoms with Gasteiger partial charge >= 0.3 is 0 Å². The van der Waals surface area contributed by atoms with Gasteiger partial charge in [-0.05, 0) is 25.1 Å². The third-order valence-electron chi connectivity index (χ3n) is 6.13. The summed E-state index contributed by atoms with van der Waals surface area (Å²) in [5, 5.41) is 11.7. The van der Waals surface area contributed by atoms with E-state index in [9.17, 15) is 14.5 Å². The zero-order valence-electron chi connectivity index (χ0n) is 22.9. The highest BCUT2D eigenvalue weighted by atomic mass is 32.2. The minimum absolute atomic E-state index is 0.0626. The van der Waals surface area contributed by atoms with Gasteiger partial charge in [0.1, 0.15) is 5.82 Å². The van der Waals surface area contributed by atoms with Gasteiger partial charge in [0.15, 0.2) is 0 Å². The summed E-state index contributed by atoms with van der Waals surface area (Å²) in [6.07, 6.45) is 4.84. The van der Waals surface area contributed by atoms with Gasteiger partial charge in [0.05, 0.1) is 23.4 Å². The quantitative estimate of drug-likeness (QED) is 0.113. The number of hydrogen-bond donors (Lipinski definition) is 0. The van der Waals surface area contributed by atoms with Crippen molar-refractivity contribution in [3.05, 3.63) is 113 Å². The van der Waals surface area contributed by atoms with Gasteiger partial charge in [-0.25, -0.2) is 9.37 Å². The van der Waals surface area contributed by atoms with Crippen LogP contribution in [0.3, 0.4) is 0 Å². The summed E-state index contributed by atoms with van der Waals surface area (Å²) in [6, 6.07) is 22.5. The number of thioether (sulfide) groups is 1. The normalized spacial score (nSPS) is 11.2. The summed E-state index contributed by atoms with van der Waals surface area (Å²) >= 11 is 1.96. The SMILES string of the molecule is CC(C)Sc1ccccc1B(c1ccccc1)C(C)(C)C.Cc1c(F)ccc(Cn2ccnc2)c1[N+](=O)[O-]. The molecule has 0 bridgehead atoms. The predicted molar refractivity (Wildman–Crippen MR) is 158 cm³/mol. The number of rotatable bonds is 7. The molecule has 0 N–H and O–H groups in total. The van der Waals surface area contributed by atoms with E-state index in [-0.39, 0.29) is 16.6 Å². The van der Waals surface area contributed by atoms with E-state index >= 15 is 0 Å². The van der Waals surface area contributed by atoms with Crippen molar-refractivity contribution < 1.29 is 9.31 Å². The van der Waals surface area contributed by atoms with Gasteiger partial charge in [0.25, 0.3) is 5.69 Å². The Kier molecular flexibility index (Phi) is 9.92. The second-order valence-electron chi connectivity index (χ2n) is 10.6. The van der Waals surface area contributed by atoms with E-state index in [0.717, 1.165) is 0 Å². The van der Waals surface area contributed by atoms with E-state index < -0.39 is 10.7 Å². The Bertz CT molecular complexity index is 1340. The summed E-state index contributed by atoms with van der Waals surface area (Å²) in [7, 11) is 0. The highest BCUT2D eigenvalue weighted by Gasteiger charge is 2.33. The summed E-state index contributed by atoms with van der Waals surface area (Å²) in [4.78, 5) is 15.7. The first kappa shape index (κ1) is 29.2. The van der Waals surface area contributed by atoms with E-state index in [2.05, 4.69) is 94.2 Å². The minimum atomic E-state index is -0.564. The smallest absolute Gasteiger partial charge is 0.280 e. The highest BCUT2D eigenvalue weighted by Crippen LogP contribution is 2.30. The molecular weight excluding hydrogens is 496 g/mol. The van der Waals surface area contributed by atoms with Gasteiger partial charge in [-0.2, -0.15) is 0 Å². The van der Waals surface area contributed by atoms with Gasteiger partial charge in [-0.1, -0.05) is 99.4 Å². The molecule has 0 aliphatic heterocycles. The monoisotopic (exact) mass is 531 g/mol. The van der Waals surface area contributed by atoms with Crippen LogP contribution in [0.4, 0.5) is 10.1 Å². The largest absolute Gasteiger partial charge is 0.333 e. The molecule has 1 aromatic heterocycles. The molecule has 3 aromatic carbocycles. The van der Waals surface area contributed by atoms with Crippen LogP contribution in [-0.2, 0) is 6.54 Å². The van der Waals surface area contributed by atoms with Crippen LogP contribution in [-0.4, -0.2) is 26.4 Å². The van der Waals surface area contributed by atoms with E-state index in [1.54, 1.807) is 23.3 Å². The molecule has 0 saturated heterocycles. The van der Waals surface area contributed by atoms with Crippen LogP contribution < -0.4 is 10.9 Å². The standard InChI is InChI=1S/C19H25BS.C11H10FN3O2/c1-15(2)21-18-14-10-9-13-17(18)20(19(3,4)5)16-11-7-6-8-12-16;1-8-10(12)3-2-9(11(8)15(16)17)6-14-5-4-13-7-14/h6-15H,1-5H3;2-5,7H,6H2,1H3. The molecule has 0 radical (unpaired) electrons. The molecule has 0 atom stereocenters. The van der Waals surface area contributed by atoms with Crippen molar-refractivity contribution in [2.24, 2.45) is 0 Å². The zero-order chi connectivity index (χ0) is 27.9. The molecule has 0 saturated carbocycles. The molecule has 198 valence electrons. The summed E-state index contributed by atoms with van der Waals surface area (Å²) in [5.41, 5.74) is 3.22. The third-order valence-corrected chi connectivity index (χ3v) is 7.23. The Morgan fingerprint density at radius 1 is 1.05 bits per heavy atom. The molecule has 0 aliphatic rings. The van der Waals surface area contributed by atoms with Gasteiger partial charge < -0.3 is 4.57 Å². The lowest BCUT2D eigenvalue weighted by atomic mass is 9.28. The van der Waals surface area contributed by atoms with E-state index in [1.807, 2.05) is 11.8 Å². The van der Waals surface area contributed by atoms with E-state index in [0.29, 0.717) is 24.1 Å². The lowest BCUT2D eigenvalue weighted by Crippen LogP contribution is -2.49. The first-order chi connectivity index (χ1) is 18.0. The maximum absolute atomic E-state index is 13.3. The molecule has 38 heavy (non-hydrogen) atoms. The number of nitro groups is 1. The maximum atomic E-state index is 13.3. The van der Waals surface area contributed by atoms with Crippen LogP contribution in [0.2, 0.25) is 5.31 Å². The Labute approximate surface area is 229 Å². The molecular formula is C30H35BFN3O2S. The van der Waals surface area contributed by atoms with Crippen LogP contribution in [0.15, 0.2) is 90.3 Å². The number of imidazole rings is 1. The molecule has 5 nitrogen and oxygen atoms in total. The van der Waals surface area contributed by atoms with Crippen molar-refractivity contribution in [1.29, 1.82) is 0 Å². The van der Waals surface area contributed by atoms with E-state index in [4.69, 9.17) is 0 Å². The van der Waals surface area contributed by atoms with Crippen molar-refractivity contribution in [2.45, 2.75) is 63.5 Å². The molecule has 0 fully saturated rings. The summed E-state index contributed by atoms with van der Waals surface area (Å²) in [5.74, 6) is -0.564. The molecule has 4 aromatic rings. The molecule has 1 heterocycles. The fraction of sp³-hybridized carbons (Fsp3) is 0.300. The van der Waals surface area contributed by atoms with Gasteiger partial charge in [0, 0.05) is 28.1 Å². The second kappa shape index (κ2) is 12.9. The molecule has 8 heteroatoms. The van der Waals surface area contributed by atoms with Crippen molar-refractivity contribution in [1.82, 2.24) is 9.55 Å². The first-order valence-corrected chi connectivity index (χ1v) is 13.6. The Hall–Kier alpha value is -3.39. The summed E-state index contributed by atoms with van der Waals surface area (Å²) in [6.45, 7) is 13.7. The van der Waals surface area contributed by atoms with E-state index in [1.165, 1.54) is 34.9 Å². The van der Waals surface area contributed by atoms with Crippen molar-refractivity contribution in [3.63, 3.8) is 0 Å². The minimum Gasteiger partial charge on any atom is -0.333 e. The Balaban J connectivity index is 0.000000215. The third kappa shape index (κ3) is 7.57. The molecule has 0 aliphatic carbocycles. The number of nitro benzene ring substituents is 1. The molecule has 0 spiro atoms. The van der Waals surface area contributed by atoms with Gasteiger partial charge in [-0.15, -0.1) is 11.8 Å². The fourth-order valence-corrected chi connectivity index (χ4v) is 5.55. The van der Waals surface area contributed by atoms with Crippen LogP contribution in [0.5, 0.6) is 0 Å². The average molecular weight is 532 g/mol. The number of nitrogens with zero attached hydrogens (tertiary/aromatic N) is 3. The highest BCUT2D eigenvalue weighted by molar-refractivity contribution is 8.00. The van der Waals surface area contributed by atoms with Crippen molar-refractivity contribution in [2.75, 3.05) is 0 Å². The number of benzene rings is 3. The average Bonchev–Trinajstić information content (AvgIpc) is 3.36. The van der Waals surface area contributed by atoms with Crippen LogP contribution in [0.1, 0.15) is 45.7 Å². The van der Waals surface area contributed by atoms with Crippen LogP contribution in [0.25, 0.3) is 0 Å². The van der Waals surface area contributed by atoms with Gasteiger partial charge in [-0.3, -0.25) is 10.1 Å². The number of halogens is 1. The zero-order valence-corrected chi connectivity index (χ0v) is 23.7. The Morgan fingerprint density at radius 2 is 1.71 bits per heavy atom. The predicted octanol–water partition coefficient (Wildman–Crippen LogP) is 6.88. The molecule has 4 rings (SSSR count). The van der Waals surface area contributed by atoms with Crippen LogP contribution in [0, 0.1) is 22.9 Å². The molecule has 0 unspecified atom stereocenters. The van der Waals surface area contributed by atoms with Crippen LogP contribution >= 0.6 is 11.8 Å². The first-order valence-electron chi connectivity index (χ1n) is 12.7. The topological polar surface area (TPSA) is 61.0 Å². The molecule has 0 amide bonds. The van der Waals surface area contributed by atoms with Crippen molar-refractivity contribution in [3.8, 4) is 0 Å². The van der Waals surface area contributed by atoms with Gasteiger partial charge in [0.2, 0.25) is 6.71 Å². The maximum Gasteiger partial charge on any atom is 0.280 e. The lowest BCUT2D eigenvalue weighted by Gasteiger charge is -2.30. The second-order valence-corrected chi connectivity index (χ2v) is 12.2. The summed E-state index contributed by atoms with van der Waals surface area (Å²) < 4.78 is 15.0.